The highest BCUT2D eigenvalue weighted by atomic mass is 32.1. The van der Waals surface area contributed by atoms with Crippen LogP contribution in [0.4, 0.5) is 0 Å². The Morgan fingerprint density at radius 2 is 2.39 bits per heavy atom. The molecule has 2 atom stereocenters. The maximum atomic E-state index is 12.7. The molecule has 0 fully saturated rings. The number of hydrogen-bond donors (Lipinski definition) is 1. The lowest BCUT2D eigenvalue weighted by Crippen LogP contribution is -2.51. The molecule has 23 heavy (non-hydrogen) atoms. The van der Waals surface area contributed by atoms with Gasteiger partial charge in [0.1, 0.15) is 12.2 Å². The first-order valence-corrected chi connectivity index (χ1v) is 9.05. The molecule has 2 aliphatic rings. The average molecular weight is 331 g/mol. The second kappa shape index (κ2) is 6.05. The van der Waals surface area contributed by atoms with E-state index in [1.54, 1.807) is 17.7 Å². The summed E-state index contributed by atoms with van der Waals surface area (Å²) in [4.78, 5) is 20.4. The number of carbonyl (C=O) groups is 1. The molecule has 7 heteroatoms. The highest BCUT2D eigenvalue weighted by Gasteiger charge is 2.28. The Morgan fingerprint density at radius 1 is 1.48 bits per heavy atom. The van der Waals surface area contributed by atoms with Crippen LogP contribution in [-0.2, 0) is 30.7 Å². The van der Waals surface area contributed by atoms with Gasteiger partial charge in [-0.05, 0) is 36.8 Å². The zero-order chi connectivity index (χ0) is 15.8. The third kappa shape index (κ3) is 2.90. The Labute approximate surface area is 139 Å². The largest absolute Gasteiger partial charge is 0.337 e. The fourth-order valence-corrected chi connectivity index (χ4v) is 4.40. The number of rotatable bonds is 3. The summed E-state index contributed by atoms with van der Waals surface area (Å²) in [6, 6.07) is 2.26. The van der Waals surface area contributed by atoms with Gasteiger partial charge in [-0.3, -0.25) is 4.79 Å². The molecule has 1 amide bonds. The van der Waals surface area contributed by atoms with Gasteiger partial charge in [0.15, 0.2) is 0 Å². The molecule has 0 unspecified atom stereocenters. The van der Waals surface area contributed by atoms with E-state index in [1.165, 1.54) is 10.4 Å². The molecule has 0 spiro atoms. The Balaban J connectivity index is 1.36. The minimum atomic E-state index is -0.162. The van der Waals surface area contributed by atoms with Gasteiger partial charge in [-0.15, -0.1) is 11.3 Å². The lowest BCUT2D eigenvalue weighted by Gasteiger charge is -2.32. The number of nitrogens with zero attached hydrogens (tertiary/aromatic N) is 4. The number of hydrogen-bond acceptors (Lipinski definition) is 5. The smallest absolute Gasteiger partial charge is 0.239 e. The van der Waals surface area contributed by atoms with Crippen molar-refractivity contribution in [3.05, 3.63) is 34.0 Å². The maximum absolute atomic E-state index is 12.7. The van der Waals surface area contributed by atoms with Gasteiger partial charge >= 0.3 is 0 Å². The SMILES string of the molecule is C[C@H](N[C@@H]1CCc2ncnn2C1)C(=O)N1CCc2sccc2C1. The quantitative estimate of drug-likeness (QED) is 0.918. The van der Waals surface area contributed by atoms with Crippen LogP contribution in [0.15, 0.2) is 17.8 Å². The number of nitrogens with one attached hydrogen (secondary N) is 1. The molecular weight excluding hydrogens is 310 g/mol. The van der Waals surface area contributed by atoms with Crippen LogP contribution in [0.1, 0.15) is 29.6 Å². The number of amides is 1. The molecule has 0 radical (unpaired) electrons. The summed E-state index contributed by atoms with van der Waals surface area (Å²) in [6.45, 7) is 4.35. The molecule has 2 aliphatic heterocycles. The van der Waals surface area contributed by atoms with Gasteiger partial charge in [0.2, 0.25) is 5.91 Å². The van der Waals surface area contributed by atoms with Crippen molar-refractivity contribution >= 4 is 17.2 Å². The predicted molar refractivity (Wildman–Crippen MR) is 88.2 cm³/mol. The van der Waals surface area contributed by atoms with Gasteiger partial charge in [0.25, 0.3) is 0 Å². The van der Waals surface area contributed by atoms with Crippen molar-refractivity contribution < 1.29 is 4.79 Å². The summed E-state index contributed by atoms with van der Waals surface area (Å²) in [5, 5.41) is 9.85. The van der Waals surface area contributed by atoms with E-state index in [1.807, 2.05) is 16.5 Å². The molecule has 0 saturated heterocycles. The Morgan fingerprint density at radius 3 is 3.30 bits per heavy atom. The zero-order valence-electron chi connectivity index (χ0n) is 13.2. The number of fused-ring (bicyclic) bond motifs is 2. The summed E-state index contributed by atoms with van der Waals surface area (Å²) < 4.78 is 1.94. The Kier molecular flexibility index (Phi) is 3.90. The molecular formula is C16H21N5OS. The molecule has 0 aromatic carbocycles. The first-order chi connectivity index (χ1) is 11.2. The van der Waals surface area contributed by atoms with Gasteiger partial charge < -0.3 is 10.2 Å². The van der Waals surface area contributed by atoms with Crippen LogP contribution < -0.4 is 5.32 Å². The van der Waals surface area contributed by atoms with Crippen LogP contribution >= 0.6 is 11.3 Å². The third-order valence-electron chi connectivity index (χ3n) is 4.78. The van der Waals surface area contributed by atoms with Gasteiger partial charge in [0, 0.05) is 30.4 Å². The monoisotopic (exact) mass is 331 g/mol. The van der Waals surface area contributed by atoms with E-state index in [2.05, 4.69) is 26.8 Å². The maximum Gasteiger partial charge on any atom is 0.239 e. The van der Waals surface area contributed by atoms with Crippen molar-refractivity contribution in [3.8, 4) is 0 Å². The van der Waals surface area contributed by atoms with Gasteiger partial charge in [-0.2, -0.15) is 5.10 Å². The molecule has 4 rings (SSSR count). The number of carbonyl (C=O) groups excluding carboxylic acids is 1. The van der Waals surface area contributed by atoms with Crippen LogP contribution in [0.3, 0.4) is 0 Å². The first-order valence-electron chi connectivity index (χ1n) is 8.17. The Bertz CT molecular complexity index is 709. The number of aryl methyl sites for hydroxylation is 1. The van der Waals surface area contributed by atoms with Crippen molar-refractivity contribution in [1.82, 2.24) is 25.0 Å². The van der Waals surface area contributed by atoms with E-state index in [0.29, 0.717) is 0 Å². The van der Waals surface area contributed by atoms with Crippen LogP contribution in [0.2, 0.25) is 0 Å². The fourth-order valence-electron chi connectivity index (χ4n) is 3.51. The average Bonchev–Trinajstić information content (AvgIpc) is 3.21. The van der Waals surface area contributed by atoms with Gasteiger partial charge in [-0.25, -0.2) is 9.67 Å². The van der Waals surface area contributed by atoms with Crippen LogP contribution in [0, 0.1) is 0 Å². The third-order valence-corrected chi connectivity index (χ3v) is 5.80. The van der Waals surface area contributed by atoms with E-state index >= 15 is 0 Å². The molecule has 2 aromatic heterocycles. The summed E-state index contributed by atoms with van der Waals surface area (Å²) in [7, 11) is 0. The Hall–Kier alpha value is -1.73. The molecule has 0 bridgehead atoms. The minimum Gasteiger partial charge on any atom is -0.337 e. The lowest BCUT2D eigenvalue weighted by molar-refractivity contribution is -0.134. The van der Waals surface area contributed by atoms with E-state index in [0.717, 1.165) is 44.7 Å². The van der Waals surface area contributed by atoms with E-state index in [4.69, 9.17) is 0 Å². The first kappa shape index (κ1) is 14.8. The molecule has 0 aliphatic carbocycles. The standard InChI is InChI=1S/C16H21N5OS/c1-11(19-13-2-3-15-17-10-18-21(15)9-13)16(22)20-6-4-14-12(8-20)5-7-23-14/h5,7,10-11,13,19H,2-4,6,8-9H2,1H3/t11-,13+/m0/s1. The molecule has 6 nitrogen and oxygen atoms in total. The van der Waals surface area contributed by atoms with E-state index in [9.17, 15) is 4.79 Å². The highest BCUT2D eigenvalue weighted by molar-refractivity contribution is 7.10. The second-order valence-electron chi connectivity index (χ2n) is 6.36. The van der Waals surface area contributed by atoms with Crippen molar-refractivity contribution in [3.63, 3.8) is 0 Å². The van der Waals surface area contributed by atoms with Crippen molar-refractivity contribution in [2.45, 2.75) is 51.4 Å². The molecule has 0 saturated carbocycles. The summed E-state index contributed by atoms with van der Waals surface area (Å²) in [5.41, 5.74) is 1.31. The van der Waals surface area contributed by atoms with Crippen LogP contribution in [0.25, 0.3) is 0 Å². The minimum absolute atomic E-state index is 0.162. The summed E-state index contributed by atoms with van der Waals surface area (Å²) in [5.74, 6) is 1.24. The topological polar surface area (TPSA) is 63.1 Å². The second-order valence-corrected chi connectivity index (χ2v) is 7.36. The summed E-state index contributed by atoms with van der Waals surface area (Å²) >= 11 is 1.80. The fraction of sp³-hybridized carbons (Fsp3) is 0.562. The molecule has 4 heterocycles. The van der Waals surface area contributed by atoms with E-state index in [-0.39, 0.29) is 18.0 Å². The van der Waals surface area contributed by atoms with E-state index < -0.39 is 0 Å². The van der Waals surface area contributed by atoms with Crippen LogP contribution in [-0.4, -0.2) is 44.2 Å². The molecule has 122 valence electrons. The number of aromatic nitrogens is 3. The highest BCUT2D eigenvalue weighted by Crippen LogP contribution is 2.24. The normalized spacial score (nSPS) is 21.6. The van der Waals surface area contributed by atoms with Gasteiger partial charge in [-0.1, -0.05) is 0 Å². The summed E-state index contributed by atoms with van der Waals surface area (Å²) in [6.07, 6.45) is 4.52. The van der Waals surface area contributed by atoms with Crippen molar-refractivity contribution in [2.75, 3.05) is 6.54 Å². The number of thiophene rings is 1. The predicted octanol–water partition coefficient (Wildman–Crippen LogP) is 1.22. The van der Waals surface area contributed by atoms with Crippen molar-refractivity contribution in [2.24, 2.45) is 0 Å². The molecule has 1 N–H and O–H groups in total. The van der Waals surface area contributed by atoms with Crippen LogP contribution in [0.5, 0.6) is 0 Å². The van der Waals surface area contributed by atoms with Gasteiger partial charge in [0.05, 0.1) is 12.6 Å². The lowest BCUT2D eigenvalue weighted by atomic mass is 10.1. The zero-order valence-corrected chi connectivity index (χ0v) is 14.1. The van der Waals surface area contributed by atoms with Crippen molar-refractivity contribution in [1.29, 1.82) is 0 Å². The molecule has 2 aromatic rings.